The zero-order valence-corrected chi connectivity index (χ0v) is 7.64. The topological polar surface area (TPSA) is 40.7 Å². The van der Waals surface area contributed by atoms with E-state index in [1.165, 1.54) is 19.3 Å². The van der Waals surface area contributed by atoms with Gasteiger partial charge in [0.15, 0.2) is 0 Å². The number of unbranched alkanes of at least 4 members (excludes halogenated alkanes) is 2. The second-order valence-corrected chi connectivity index (χ2v) is 2.92. The van der Waals surface area contributed by atoms with E-state index in [-0.39, 0.29) is 0 Å². The van der Waals surface area contributed by atoms with Crippen LogP contribution < -0.4 is 5.32 Å². The second kappa shape index (κ2) is 5.77. The molecule has 0 amide bonds. The highest BCUT2D eigenvalue weighted by Gasteiger charge is 1.91. The summed E-state index contributed by atoms with van der Waals surface area (Å²) in [6.45, 7) is 4.16. The van der Waals surface area contributed by atoms with Crippen LogP contribution in [0.5, 0.6) is 0 Å². The third-order valence-electron chi connectivity index (χ3n) is 1.80. The highest BCUT2D eigenvalue weighted by Crippen LogP contribution is 1.92. The van der Waals surface area contributed by atoms with Gasteiger partial charge in [-0.3, -0.25) is 0 Å². The van der Waals surface area contributed by atoms with Gasteiger partial charge in [0.1, 0.15) is 5.82 Å². The van der Waals surface area contributed by atoms with Gasteiger partial charge in [-0.05, 0) is 13.0 Å². The van der Waals surface area contributed by atoms with Gasteiger partial charge in [-0.25, -0.2) is 4.98 Å². The van der Waals surface area contributed by atoms with Crippen LogP contribution in [0.2, 0.25) is 0 Å². The molecule has 12 heavy (non-hydrogen) atoms. The summed E-state index contributed by atoms with van der Waals surface area (Å²) < 4.78 is 0. The summed E-state index contributed by atoms with van der Waals surface area (Å²) in [5.41, 5.74) is 0. The lowest BCUT2D eigenvalue weighted by Gasteiger charge is -2.00. The molecule has 0 aliphatic rings. The molecule has 0 saturated carbocycles. The van der Waals surface area contributed by atoms with Crippen LogP contribution in [0.1, 0.15) is 32.0 Å². The average Bonchev–Trinajstić information content (AvgIpc) is 2.57. The molecule has 1 aromatic rings. The van der Waals surface area contributed by atoms with Crippen molar-refractivity contribution in [2.75, 3.05) is 6.54 Å². The van der Waals surface area contributed by atoms with Crippen molar-refractivity contribution in [2.24, 2.45) is 0 Å². The van der Waals surface area contributed by atoms with Crippen molar-refractivity contribution in [2.45, 2.75) is 32.7 Å². The quantitative estimate of drug-likeness (QED) is 0.633. The molecule has 0 atom stereocenters. The minimum atomic E-state index is 0.858. The summed E-state index contributed by atoms with van der Waals surface area (Å²) in [6, 6.07) is 0. The minimum Gasteiger partial charge on any atom is -0.348 e. The van der Waals surface area contributed by atoms with E-state index in [0.29, 0.717) is 0 Å². The Balaban J connectivity index is 1.96. The van der Waals surface area contributed by atoms with E-state index in [4.69, 9.17) is 0 Å². The Labute approximate surface area is 73.6 Å². The molecular formula is C9H17N3. The van der Waals surface area contributed by atoms with E-state index in [1.54, 1.807) is 6.20 Å². The Morgan fingerprint density at radius 2 is 2.42 bits per heavy atom. The van der Waals surface area contributed by atoms with Gasteiger partial charge in [0.05, 0.1) is 6.54 Å². The molecule has 1 rings (SSSR count). The Kier molecular flexibility index (Phi) is 4.46. The minimum absolute atomic E-state index is 0.858. The molecule has 2 N–H and O–H groups in total. The third-order valence-corrected chi connectivity index (χ3v) is 1.80. The molecule has 0 fully saturated rings. The summed E-state index contributed by atoms with van der Waals surface area (Å²) in [6.07, 6.45) is 7.48. The molecular weight excluding hydrogens is 150 g/mol. The lowest BCUT2D eigenvalue weighted by molar-refractivity contribution is 0.605. The molecule has 0 aliphatic carbocycles. The Hall–Kier alpha value is -0.830. The number of imidazole rings is 1. The first-order valence-electron chi connectivity index (χ1n) is 4.62. The summed E-state index contributed by atoms with van der Waals surface area (Å²) in [4.78, 5) is 7.17. The Bertz CT molecular complexity index is 182. The van der Waals surface area contributed by atoms with E-state index in [1.807, 2.05) is 6.20 Å². The zero-order chi connectivity index (χ0) is 8.65. The zero-order valence-electron chi connectivity index (χ0n) is 7.64. The summed E-state index contributed by atoms with van der Waals surface area (Å²) in [7, 11) is 0. The molecule has 1 aromatic heterocycles. The van der Waals surface area contributed by atoms with E-state index in [9.17, 15) is 0 Å². The van der Waals surface area contributed by atoms with E-state index in [0.717, 1.165) is 18.9 Å². The second-order valence-electron chi connectivity index (χ2n) is 2.92. The van der Waals surface area contributed by atoms with Crippen molar-refractivity contribution in [3.63, 3.8) is 0 Å². The van der Waals surface area contributed by atoms with E-state index in [2.05, 4.69) is 22.2 Å². The monoisotopic (exact) mass is 167 g/mol. The fraction of sp³-hybridized carbons (Fsp3) is 0.667. The third kappa shape index (κ3) is 3.53. The molecule has 3 nitrogen and oxygen atoms in total. The van der Waals surface area contributed by atoms with Crippen molar-refractivity contribution in [3.05, 3.63) is 18.2 Å². The maximum atomic E-state index is 4.12. The van der Waals surface area contributed by atoms with Crippen LogP contribution in [0, 0.1) is 0 Å². The van der Waals surface area contributed by atoms with Crippen molar-refractivity contribution in [1.82, 2.24) is 15.3 Å². The first kappa shape index (κ1) is 9.26. The van der Waals surface area contributed by atoms with Crippen molar-refractivity contribution < 1.29 is 0 Å². The summed E-state index contributed by atoms with van der Waals surface area (Å²) in [5.74, 6) is 1.02. The fourth-order valence-electron chi connectivity index (χ4n) is 1.10. The normalized spacial score (nSPS) is 10.4. The molecule has 0 aliphatic heterocycles. The van der Waals surface area contributed by atoms with Crippen molar-refractivity contribution >= 4 is 0 Å². The standard InChI is InChI=1S/C9H17N3/c1-2-3-4-5-10-8-9-11-6-7-12-9/h6-7,10H,2-5,8H2,1H3,(H,11,12). The number of rotatable bonds is 6. The average molecular weight is 167 g/mol. The van der Waals surface area contributed by atoms with Gasteiger partial charge in [-0.15, -0.1) is 0 Å². The molecule has 0 saturated heterocycles. The molecule has 68 valence electrons. The van der Waals surface area contributed by atoms with Crippen LogP contribution in [0.3, 0.4) is 0 Å². The highest BCUT2D eigenvalue weighted by atomic mass is 15.0. The molecule has 3 heteroatoms. The molecule has 0 spiro atoms. The van der Waals surface area contributed by atoms with Gasteiger partial charge in [0, 0.05) is 12.4 Å². The number of aromatic nitrogens is 2. The number of nitrogens with one attached hydrogen (secondary N) is 2. The van der Waals surface area contributed by atoms with Crippen LogP contribution in [-0.2, 0) is 6.54 Å². The van der Waals surface area contributed by atoms with Gasteiger partial charge in [0.2, 0.25) is 0 Å². The number of nitrogens with zero attached hydrogens (tertiary/aromatic N) is 1. The van der Waals surface area contributed by atoms with Gasteiger partial charge in [-0.1, -0.05) is 19.8 Å². The smallest absolute Gasteiger partial charge is 0.120 e. The molecule has 0 aromatic carbocycles. The predicted molar refractivity (Wildman–Crippen MR) is 49.8 cm³/mol. The SMILES string of the molecule is CCCCCNCc1ncc[nH]1. The van der Waals surface area contributed by atoms with Crippen molar-refractivity contribution in [3.8, 4) is 0 Å². The van der Waals surface area contributed by atoms with Crippen LogP contribution in [0.15, 0.2) is 12.4 Å². The summed E-state index contributed by atoms with van der Waals surface area (Å²) >= 11 is 0. The van der Waals surface area contributed by atoms with Gasteiger partial charge < -0.3 is 10.3 Å². The van der Waals surface area contributed by atoms with Crippen molar-refractivity contribution in [1.29, 1.82) is 0 Å². The Morgan fingerprint density at radius 3 is 3.08 bits per heavy atom. The first-order chi connectivity index (χ1) is 5.93. The predicted octanol–water partition coefficient (Wildman–Crippen LogP) is 1.69. The fourth-order valence-corrected chi connectivity index (χ4v) is 1.10. The van der Waals surface area contributed by atoms with Crippen LogP contribution in [-0.4, -0.2) is 16.5 Å². The maximum absolute atomic E-state index is 4.12. The number of H-pyrrole nitrogens is 1. The van der Waals surface area contributed by atoms with Crippen LogP contribution in [0.25, 0.3) is 0 Å². The lowest BCUT2D eigenvalue weighted by atomic mass is 10.2. The molecule has 0 bridgehead atoms. The summed E-state index contributed by atoms with van der Waals surface area (Å²) in [5, 5.41) is 3.33. The Morgan fingerprint density at radius 1 is 1.50 bits per heavy atom. The molecule has 0 unspecified atom stereocenters. The highest BCUT2D eigenvalue weighted by molar-refractivity contribution is 4.85. The van der Waals surface area contributed by atoms with Gasteiger partial charge in [0.25, 0.3) is 0 Å². The number of aromatic amines is 1. The van der Waals surface area contributed by atoms with Crippen LogP contribution >= 0.6 is 0 Å². The van der Waals surface area contributed by atoms with E-state index >= 15 is 0 Å². The lowest BCUT2D eigenvalue weighted by Crippen LogP contribution is -2.15. The van der Waals surface area contributed by atoms with Gasteiger partial charge >= 0.3 is 0 Å². The maximum Gasteiger partial charge on any atom is 0.120 e. The number of hydrogen-bond donors (Lipinski definition) is 2. The van der Waals surface area contributed by atoms with Crippen LogP contribution in [0.4, 0.5) is 0 Å². The number of hydrogen-bond acceptors (Lipinski definition) is 2. The largest absolute Gasteiger partial charge is 0.348 e. The first-order valence-corrected chi connectivity index (χ1v) is 4.62. The molecule has 0 radical (unpaired) electrons. The van der Waals surface area contributed by atoms with Gasteiger partial charge in [-0.2, -0.15) is 0 Å². The van der Waals surface area contributed by atoms with E-state index < -0.39 is 0 Å². The molecule has 1 heterocycles.